The maximum absolute atomic E-state index is 14.7. The van der Waals surface area contributed by atoms with Gasteiger partial charge in [0.2, 0.25) is 5.91 Å². The Balaban J connectivity index is 1.57. The molecule has 3 heterocycles. The molecule has 0 aliphatic carbocycles. The molecule has 0 unspecified atom stereocenters. The number of fused-ring (bicyclic) bond motifs is 6. The van der Waals surface area contributed by atoms with E-state index in [1.807, 2.05) is 86.6 Å². The van der Waals surface area contributed by atoms with Crippen molar-refractivity contribution in [3.8, 4) is 0 Å². The van der Waals surface area contributed by atoms with Gasteiger partial charge >= 0.3 is 0 Å². The van der Waals surface area contributed by atoms with Crippen LogP contribution in [0.3, 0.4) is 0 Å². The lowest BCUT2D eigenvalue weighted by molar-refractivity contribution is -0.121. The average Bonchev–Trinajstić information content (AvgIpc) is 3.45. The van der Waals surface area contributed by atoms with Crippen molar-refractivity contribution in [1.29, 1.82) is 0 Å². The van der Waals surface area contributed by atoms with E-state index in [-0.39, 0.29) is 17.5 Å². The minimum atomic E-state index is -1.30. The summed E-state index contributed by atoms with van der Waals surface area (Å²) in [6.07, 6.45) is 2.09. The normalized spacial score (nSPS) is 24.1. The quantitative estimate of drug-likeness (QED) is 0.321. The number of allylic oxidation sites excluding steroid dienone is 1. The van der Waals surface area contributed by atoms with E-state index < -0.39 is 23.4 Å². The molecule has 3 aliphatic heterocycles. The first-order valence-electron chi connectivity index (χ1n) is 13.6. The fraction of sp³-hybridized carbons (Fsp3) is 0.171. The van der Waals surface area contributed by atoms with Crippen molar-refractivity contribution in [3.05, 3.63) is 137 Å². The van der Waals surface area contributed by atoms with E-state index >= 15 is 0 Å². The van der Waals surface area contributed by atoms with E-state index in [0.29, 0.717) is 16.8 Å². The summed E-state index contributed by atoms with van der Waals surface area (Å²) in [5.41, 5.74) is 5.14. The summed E-state index contributed by atoms with van der Waals surface area (Å²) in [6, 6.07) is 30.5. The molecule has 5 nitrogen and oxygen atoms in total. The lowest BCUT2D eigenvalue weighted by Gasteiger charge is -2.39. The van der Waals surface area contributed by atoms with Gasteiger partial charge in [0.15, 0.2) is 11.6 Å². The standard InChI is InChI=1S/C35H28N2O3/c1-21-17-18-28-25(19-21)22(2)20-29-35(26-15-9-10-16-27(26)36-34(35)40)30(32(38)23-11-5-3-6-12-23)31(37(28)29)33(39)24-13-7-4-8-14-24/h3-20,29-31H,1-2H3,(H,36,40)/t29-,30-,31+,35-/m1/s1. The third-order valence-corrected chi connectivity index (χ3v) is 8.80. The largest absolute Gasteiger partial charge is 0.352 e. The Morgan fingerprint density at radius 1 is 0.775 bits per heavy atom. The van der Waals surface area contributed by atoms with Crippen LogP contribution in [0.15, 0.2) is 109 Å². The van der Waals surface area contributed by atoms with Crippen LogP contribution in [0.4, 0.5) is 11.4 Å². The first-order valence-corrected chi connectivity index (χ1v) is 13.6. The lowest BCUT2D eigenvalue weighted by Crippen LogP contribution is -2.51. The highest BCUT2D eigenvalue weighted by molar-refractivity contribution is 6.18. The van der Waals surface area contributed by atoms with E-state index in [2.05, 4.69) is 22.4 Å². The number of ketones is 2. The molecule has 0 aromatic heterocycles. The molecule has 1 N–H and O–H groups in total. The molecule has 5 heteroatoms. The first-order chi connectivity index (χ1) is 19.4. The van der Waals surface area contributed by atoms with Gasteiger partial charge < -0.3 is 10.2 Å². The lowest BCUT2D eigenvalue weighted by atomic mass is 9.64. The number of carbonyl (C=O) groups excluding carboxylic acids is 3. The van der Waals surface area contributed by atoms with Crippen LogP contribution in [-0.4, -0.2) is 29.6 Å². The number of carbonyl (C=O) groups is 3. The molecule has 7 rings (SSSR count). The van der Waals surface area contributed by atoms with Crippen LogP contribution in [0, 0.1) is 12.8 Å². The Morgan fingerprint density at radius 3 is 2.10 bits per heavy atom. The van der Waals surface area contributed by atoms with Crippen LogP contribution in [0.1, 0.15) is 44.3 Å². The minimum Gasteiger partial charge on any atom is -0.352 e. The van der Waals surface area contributed by atoms with Crippen LogP contribution in [0.5, 0.6) is 0 Å². The molecule has 1 spiro atoms. The summed E-state index contributed by atoms with van der Waals surface area (Å²) in [5, 5.41) is 3.09. The van der Waals surface area contributed by atoms with Gasteiger partial charge in [-0.2, -0.15) is 0 Å². The molecule has 4 aromatic carbocycles. The predicted molar refractivity (Wildman–Crippen MR) is 157 cm³/mol. The number of rotatable bonds is 4. The number of anilines is 2. The van der Waals surface area contributed by atoms with Gasteiger partial charge in [-0.15, -0.1) is 0 Å². The molecule has 3 aliphatic rings. The van der Waals surface area contributed by atoms with Crippen molar-refractivity contribution in [1.82, 2.24) is 0 Å². The molecule has 40 heavy (non-hydrogen) atoms. The van der Waals surface area contributed by atoms with Gasteiger partial charge in [-0.1, -0.05) is 96.6 Å². The number of hydrogen-bond donors (Lipinski definition) is 1. The zero-order valence-electron chi connectivity index (χ0n) is 22.3. The number of aryl methyl sites for hydroxylation is 1. The summed E-state index contributed by atoms with van der Waals surface area (Å²) < 4.78 is 0. The predicted octanol–water partition coefficient (Wildman–Crippen LogP) is 6.24. The van der Waals surface area contributed by atoms with Crippen LogP contribution in [-0.2, 0) is 10.2 Å². The summed E-state index contributed by atoms with van der Waals surface area (Å²) in [5.74, 6) is -1.60. The number of hydrogen-bond acceptors (Lipinski definition) is 4. The zero-order chi connectivity index (χ0) is 27.6. The second kappa shape index (κ2) is 8.88. The molecule has 1 saturated heterocycles. The third-order valence-electron chi connectivity index (χ3n) is 8.80. The van der Waals surface area contributed by atoms with Crippen molar-refractivity contribution in [2.75, 3.05) is 10.2 Å². The number of para-hydroxylation sites is 1. The van der Waals surface area contributed by atoms with Crippen LogP contribution in [0.2, 0.25) is 0 Å². The molecule has 0 bridgehead atoms. The van der Waals surface area contributed by atoms with E-state index in [1.165, 1.54) is 0 Å². The highest BCUT2D eigenvalue weighted by Gasteiger charge is 2.70. The molecular formula is C35H28N2O3. The molecule has 4 atom stereocenters. The van der Waals surface area contributed by atoms with Crippen molar-refractivity contribution in [3.63, 3.8) is 0 Å². The van der Waals surface area contributed by atoms with Gasteiger partial charge in [-0.3, -0.25) is 14.4 Å². The Labute approximate surface area is 233 Å². The second-order valence-corrected chi connectivity index (χ2v) is 11.0. The molecular weight excluding hydrogens is 496 g/mol. The van der Waals surface area contributed by atoms with Crippen molar-refractivity contribution in [2.24, 2.45) is 5.92 Å². The number of amides is 1. The van der Waals surface area contributed by atoms with Gasteiger partial charge in [-0.25, -0.2) is 0 Å². The summed E-state index contributed by atoms with van der Waals surface area (Å²) >= 11 is 0. The van der Waals surface area contributed by atoms with Crippen molar-refractivity contribution < 1.29 is 14.4 Å². The molecule has 0 radical (unpaired) electrons. The molecule has 1 fully saturated rings. The van der Waals surface area contributed by atoms with Gasteiger partial charge in [0.05, 0.1) is 12.0 Å². The topological polar surface area (TPSA) is 66.5 Å². The molecule has 196 valence electrons. The number of nitrogens with one attached hydrogen (secondary N) is 1. The SMILES string of the molecule is CC1=C[C@H]2N(c3ccc(C)cc31)[C@H](C(=O)c1ccccc1)[C@H](C(=O)c1ccccc1)[C@]21C(=O)Nc2ccccc21. The third kappa shape index (κ3) is 3.24. The fourth-order valence-corrected chi connectivity index (χ4v) is 7.10. The number of Topliss-reactive ketones (excluding diaryl/α,β-unsaturated/α-hetero) is 2. The maximum atomic E-state index is 14.7. The van der Waals surface area contributed by atoms with E-state index in [4.69, 9.17) is 0 Å². The van der Waals surface area contributed by atoms with Gasteiger partial charge in [0.25, 0.3) is 0 Å². The van der Waals surface area contributed by atoms with Crippen LogP contribution >= 0.6 is 0 Å². The van der Waals surface area contributed by atoms with Crippen LogP contribution < -0.4 is 10.2 Å². The van der Waals surface area contributed by atoms with E-state index in [9.17, 15) is 14.4 Å². The zero-order valence-corrected chi connectivity index (χ0v) is 22.3. The first kappa shape index (κ1) is 24.3. The average molecular weight is 525 g/mol. The van der Waals surface area contributed by atoms with Crippen molar-refractivity contribution in [2.45, 2.75) is 31.3 Å². The molecule has 1 amide bonds. The van der Waals surface area contributed by atoms with Gasteiger partial charge in [0, 0.05) is 28.1 Å². The van der Waals surface area contributed by atoms with Crippen LogP contribution in [0.25, 0.3) is 5.57 Å². The van der Waals surface area contributed by atoms with E-state index in [0.717, 1.165) is 28.0 Å². The monoisotopic (exact) mass is 524 g/mol. The van der Waals surface area contributed by atoms with Gasteiger partial charge in [0.1, 0.15) is 11.5 Å². The highest BCUT2D eigenvalue weighted by Crippen LogP contribution is 2.58. The van der Waals surface area contributed by atoms with Gasteiger partial charge in [-0.05, 0) is 43.2 Å². The summed E-state index contributed by atoms with van der Waals surface area (Å²) in [4.78, 5) is 45.8. The Morgan fingerprint density at radius 2 is 1.40 bits per heavy atom. The Bertz CT molecular complexity index is 1730. The number of nitrogens with zero attached hydrogens (tertiary/aromatic N) is 1. The maximum Gasteiger partial charge on any atom is 0.238 e. The smallest absolute Gasteiger partial charge is 0.238 e. The minimum absolute atomic E-state index is 0.173. The summed E-state index contributed by atoms with van der Waals surface area (Å²) in [6.45, 7) is 4.09. The highest BCUT2D eigenvalue weighted by atomic mass is 16.2. The fourth-order valence-electron chi connectivity index (χ4n) is 7.10. The van der Waals surface area contributed by atoms with E-state index in [1.54, 1.807) is 24.3 Å². The molecule has 4 aromatic rings. The molecule has 0 saturated carbocycles. The second-order valence-electron chi connectivity index (χ2n) is 11.0. The Kier molecular flexibility index (Phi) is 5.39. The van der Waals surface area contributed by atoms with Crippen molar-refractivity contribution >= 4 is 34.4 Å². The Hall–Kier alpha value is -4.77. The summed E-state index contributed by atoms with van der Waals surface area (Å²) in [7, 11) is 0. The number of benzene rings is 4.